The SMILES string of the molecule is c1ccc(-c2ccc(-c3ccc(-c4nc(-c5ccccc5)nc(-c5ccc6c(c5)oc5c(-c7ccc8ccccc8c7)cccc56)n4)cc3)cc2)cc1. The summed E-state index contributed by atoms with van der Waals surface area (Å²) in [5, 5.41) is 4.55. The molecule has 4 nitrogen and oxygen atoms in total. The maximum Gasteiger partial charge on any atom is 0.164 e. The van der Waals surface area contributed by atoms with Gasteiger partial charge in [-0.05, 0) is 56.8 Å². The fourth-order valence-electron chi connectivity index (χ4n) is 7.17. The summed E-state index contributed by atoms with van der Waals surface area (Å²) in [5.41, 5.74) is 11.2. The predicted molar refractivity (Wildman–Crippen MR) is 217 cm³/mol. The molecule has 0 saturated heterocycles. The third-order valence-electron chi connectivity index (χ3n) is 9.95. The monoisotopic (exact) mass is 677 g/mol. The standard InChI is InChI=1S/C49H31N3O/c1-3-10-32(11-4-1)34-18-20-35(21-19-34)36-22-25-38(26-23-36)48-50-47(37-13-5-2-6-14-37)51-49(52-48)41-28-29-43-44-17-9-16-42(46(44)53-45(43)31-41)40-27-24-33-12-7-8-15-39(33)30-40/h1-31H. The van der Waals surface area contributed by atoms with Crippen LogP contribution in [0.2, 0.25) is 0 Å². The summed E-state index contributed by atoms with van der Waals surface area (Å²) in [6, 6.07) is 65.2. The second kappa shape index (κ2) is 12.9. The van der Waals surface area contributed by atoms with E-state index in [2.05, 4.69) is 152 Å². The number of hydrogen-bond acceptors (Lipinski definition) is 4. The molecule has 0 aliphatic heterocycles. The van der Waals surface area contributed by atoms with Crippen molar-refractivity contribution in [2.75, 3.05) is 0 Å². The number of aromatic nitrogens is 3. The maximum atomic E-state index is 6.66. The molecule has 10 aromatic rings. The van der Waals surface area contributed by atoms with Crippen LogP contribution in [0.25, 0.3) is 100 Å². The van der Waals surface area contributed by atoms with Crippen LogP contribution in [0, 0.1) is 0 Å². The summed E-state index contributed by atoms with van der Waals surface area (Å²) < 4.78 is 6.66. The Labute approximate surface area is 306 Å². The van der Waals surface area contributed by atoms with Crippen molar-refractivity contribution in [3.63, 3.8) is 0 Å². The van der Waals surface area contributed by atoms with Gasteiger partial charge in [0, 0.05) is 33.0 Å². The first-order chi connectivity index (χ1) is 26.2. The molecule has 248 valence electrons. The van der Waals surface area contributed by atoms with Crippen LogP contribution in [0.1, 0.15) is 0 Å². The second-order valence-corrected chi connectivity index (χ2v) is 13.3. The van der Waals surface area contributed by atoms with Crippen molar-refractivity contribution >= 4 is 32.7 Å². The van der Waals surface area contributed by atoms with Crippen LogP contribution >= 0.6 is 0 Å². The molecule has 0 atom stereocenters. The highest BCUT2D eigenvalue weighted by atomic mass is 16.3. The van der Waals surface area contributed by atoms with E-state index in [1.54, 1.807) is 0 Å². The van der Waals surface area contributed by atoms with Crippen molar-refractivity contribution < 1.29 is 4.42 Å². The molecule has 0 radical (unpaired) electrons. The van der Waals surface area contributed by atoms with E-state index in [-0.39, 0.29) is 0 Å². The van der Waals surface area contributed by atoms with Gasteiger partial charge in [0.15, 0.2) is 17.5 Å². The molecular formula is C49H31N3O. The van der Waals surface area contributed by atoms with Gasteiger partial charge in [-0.25, -0.2) is 15.0 Å². The Hall–Kier alpha value is -7.17. The summed E-state index contributed by atoms with van der Waals surface area (Å²) in [4.78, 5) is 15.0. The van der Waals surface area contributed by atoms with Crippen molar-refractivity contribution in [1.82, 2.24) is 15.0 Å². The van der Waals surface area contributed by atoms with E-state index in [1.807, 2.05) is 36.4 Å². The molecule has 2 heterocycles. The van der Waals surface area contributed by atoms with Crippen LogP contribution in [-0.4, -0.2) is 15.0 Å². The average Bonchev–Trinajstić information content (AvgIpc) is 3.62. The smallest absolute Gasteiger partial charge is 0.164 e. The molecule has 0 fully saturated rings. The second-order valence-electron chi connectivity index (χ2n) is 13.3. The molecule has 0 spiro atoms. The van der Waals surface area contributed by atoms with Gasteiger partial charge >= 0.3 is 0 Å². The van der Waals surface area contributed by atoms with E-state index >= 15 is 0 Å². The van der Waals surface area contributed by atoms with E-state index in [0.29, 0.717) is 17.5 Å². The number of rotatable bonds is 6. The van der Waals surface area contributed by atoms with Gasteiger partial charge < -0.3 is 4.42 Å². The highest BCUT2D eigenvalue weighted by molar-refractivity contribution is 6.10. The van der Waals surface area contributed by atoms with Gasteiger partial charge in [-0.1, -0.05) is 170 Å². The van der Waals surface area contributed by atoms with Gasteiger partial charge in [-0.15, -0.1) is 0 Å². The molecule has 53 heavy (non-hydrogen) atoms. The third kappa shape index (κ3) is 5.73. The molecular weight excluding hydrogens is 647 g/mol. The van der Waals surface area contributed by atoms with Crippen LogP contribution in [0.15, 0.2) is 192 Å². The molecule has 0 unspecified atom stereocenters. The van der Waals surface area contributed by atoms with Crippen LogP contribution in [-0.2, 0) is 0 Å². The normalized spacial score (nSPS) is 11.4. The molecule has 4 heteroatoms. The number of fused-ring (bicyclic) bond motifs is 4. The Balaban J connectivity index is 1.03. The number of nitrogens with zero attached hydrogens (tertiary/aromatic N) is 3. The molecule has 0 aliphatic rings. The Morgan fingerprint density at radius 1 is 0.302 bits per heavy atom. The number of furan rings is 1. The summed E-state index contributed by atoms with van der Waals surface area (Å²) in [6.07, 6.45) is 0. The lowest BCUT2D eigenvalue weighted by Gasteiger charge is -2.09. The lowest BCUT2D eigenvalue weighted by atomic mass is 9.99. The van der Waals surface area contributed by atoms with Crippen molar-refractivity contribution in [2.45, 2.75) is 0 Å². The minimum atomic E-state index is 0.589. The van der Waals surface area contributed by atoms with Crippen molar-refractivity contribution in [2.24, 2.45) is 0 Å². The van der Waals surface area contributed by atoms with Gasteiger partial charge in [0.2, 0.25) is 0 Å². The summed E-state index contributed by atoms with van der Waals surface area (Å²) in [7, 11) is 0. The first-order valence-corrected chi connectivity index (χ1v) is 17.8. The number of benzene rings is 8. The number of para-hydroxylation sites is 1. The Bertz CT molecular complexity index is 2910. The largest absolute Gasteiger partial charge is 0.455 e. The number of hydrogen-bond donors (Lipinski definition) is 0. The van der Waals surface area contributed by atoms with Gasteiger partial charge in [0.25, 0.3) is 0 Å². The minimum absolute atomic E-state index is 0.589. The first-order valence-electron chi connectivity index (χ1n) is 17.8. The molecule has 8 aromatic carbocycles. The molecule has 0 saturated carbocycles. The topological polar surface area (TPSA) is 51.8 Å². The highest BCUT2D eigenvalue weighted by Crippen LogP contribution is 2.38. The molecule has 0 N–H and O–H groups in total. The lowest BCUT2D eigenvalue weighted by molar-refractivity contribution is 0.670. The van der Waals surface area contributed by atoms with E-state index < -0.39 is 0 Å². The maximum absolute atomic E-state index is 6.66. The summed E-state index contributed by atoms with van der Waals surface area (Å²) in [5.74, 6) is 1.82. The fraction of sp³-hybridized carbons (Fsp3) is 0. The first kappa shape index (κ1) is 30.6. The summed E-state index contributed by atoms with van der Waals surface area (Å²) >= 11 is 0. The zero-order valence-corrected chi connectivity index (χ0v) is 28.6. The van der Waals surface area contributed by atoms with E-state index in [4.69, 9.17) is 19.4 Å². The third-order valence-corrected chi connectivity index (χ3v) is 9.95. The molecule has 0 amide bonds. The van der Waals surface area contributed by atoms with E-state index in [1.165, 1.54) is 21.9 Å². The lowest BCUT2D eigenvalue weighted by Crippen LogP contribution is -2.00. The Morgan fingerprint density at radius 2 is 0.792 bits per heavy atom. The van der Waals surface area contributed by atoms with Crippen LogP contribution in [0.4, 0.5) is 0 Å². The van der Waals surface area contributed by atoms with Gasteiger partial charge in [-0.2, -0.15) is 0 Å². The predicted octanol–water partition coefficient (Wildman–Crippen LogP) is 12.9. The molecule has 10 rings (SSSR count). The van der Waals surface area contributed by atoms with E-state index in [9.17, 15) is 0 Å². The van der Waals surface area contributed by atoms with Gasteiger partial charge in [-0.3, -0.25) is 0 Å². The van der Waals surface area contributed by atoms with Crippen LogP contribution in [0.3, 0.4) is 0 Å². The highest BCUT2D eigenvalue weighted by Gasteiger charge is 2.17. The van der Waals surface area contributed by atoms with Gasteiger partial charge in [0.05, 0.1) is 0 Å². The van der Waals surface area contributed by atoms with Crippen molar-refractivity contribution in [1.29, 1.82) is 0 Å². The van der Waals surface area contributed by atoms with Crippen molar-refractivity contribution in [3.8, 4) is 67.5 Å². The summed E-state index contributed by atoms with van der Waals surface area (Å²) in [6.45, 7) is 0. The van der Waals surface area contributed by atoms with Crippen molar-refractivity contribution in [3.05, 3.63) is 188 Å². The Kier molecular flexibility index (Phi) is 7.43. The molecule has 0 bridgehead atoms. The Morgan fingerprint density at radius 3 is 1.45 bits per heavy atom. The quantitative estimate of drug-likeness (QED) is 0.176. The van der Waals surface area contributed by atoms with Gasteiger partial charge in [0.1, 0.15) is 11.2 Å². The van der Waals surface area contributed by atoms with Crippen LogP contribution in [0.5, 0.6) is 0 Å². The zero-order valence-electron chi connectivity index (χ0n) is 28.6. The molecule has 0 aliphatic carbocycles. The average molecular weight is 678 g/mol. The fourth-order valence-corrected chi connectivity index (χ4v) is 7.17. The molecule has 2 aromatic heterocycles. The minimum Gasteiger partial charge on any atom is -0.455 e. The van der Waals surface area contributed by atoms with E-state index in [0.717, 1.165) is 60.9 Å². The van der Waals surface area contributed by atoms with Crippen LogP contribution < -0.4 is 0 Å². The zero-order chi connectivity index (χ0) is 35.1.